The Balaban J connectivity index is 2.11. The number of hydrogen-bond acceptors (Lipinski definition) is 6. The van der Waals surface area contributed by atoms with Crippen LogP contribution < -0.4 is 22.3 Å². The minimum absolute atomic E-state index is 0.178. The van der Waals surface area contributed by atoms with E-state index in [1.54, 1.807) is 6.07 Å². The van der Waals surface area contributed by atoms with E-state index >= 15 is 0 Å². The van der Waals surface area contributed by atoms with Gasteiger partial charge in [-0.3, -0.25) is 0 Å². The molecule has 0 bridgehead atoms. The number of anilines is 3. The maximum absolute atomic E-state index is 5.58. The zero-order valence-electron chi connectivity index (χ0n) is 10.1. The van der Waals surface area contributed by atoms with Gasteiger partial charge in [0.1, 0.15) is 11.6 Å². The van der Waals surface area contributed by atoms with Crippen molar-refractivity contribution in [2.45, 2.75) is 13.5 Å². The van der Waals surface area contributed by atoms with Crippen molar-refractivity contribution in [3.8, 4) is 0 Å². The van der Waals surface area contributed by atoms with Crippen molar-refractivity contribution < 1.29 is 0 Å². The summed E-state index contributed by atoms with van der Waals surface area (Å²) in [6.45, 7) is 2.74. The van der Waals surface area contributed by atoms with Crippen LogP contribution in [-0.2, 0) is 6.54 Å². The van der Waals surface area contributed by atoms with E-state index in [0.717, 1.165) is 0 Å². The molecule has 6 heteroatoms. The Hall–Kier alpha value is -2.34. The van der Waals surface area contributed by atoms with Gasteiger partial charge < -0.3 is 16.5 Å². The lowest BCUT2D eigenvalue weighted by Crippen LogP contribution is -2.12. The number of hydrogen-bond donors (Lipinski definition) is 4. The molecule has 6 N–H and O–H groups in total. The highest BCUT2D eigenvalue weighted by Gasteiger charge is 2.02. The molecule has 0 fully saturated rings. The molecular weight excluding hydrogens is 228 g/mol. The zero-order chi connectivity index (χ0) is 13.0. The average Bonchev–Trinajstić information content (AvgIpc) is 2.37. The lowest BCUT2D eigenvalue weighted by molar-refractivity contribution is 1.07. The van der Waals surface area contributed by atoms with Gasteiger partial charge in [-0.15, -0.1) is 0 Å². The van der Waals surface area contributed by atoms with E-state index in [4.69, 9.17) is 11.6 Å². The molecule has 2 aromatic rings. The molecule has 0 spiro atoms. The minimum atomic E-state index is 0.178. The van der Waals surface area contributed by atoms with Crippen LogP contribution in [0.2, 0.25) is 0 Å². The molecule has 0 saturated carbocycles. The third-order valence-corrected chi connectivity index (χ3v) is 2.61. The Morgan fingerprint density at radius 3 is 2.61 bits per heavy atom. The summed E-state index contributed by atoms with van der Waals surface area (Å²) in [7, 11) is 0. The molecule has 0 saturated heterocycles. The van der Waals surface area contributed by atoms with Crippen LogP contribution in [0.4, 0.5) is 17.6 Å². The molecule has 2 rings (SSSR count). The largest absolute Gasteiger partial charge is 0.368 e. The molecule has 0 aliphatic heterocycles. The fourth-order valence-electron chi connectivity index (χ4n) is 1.62. The quantitative estimate of drug-likeness (QED) is 0.477. The number of hydrazine groups is 1. The third-order valence-electron chi connectivity index (χ3n) is 2.61. The van der Waals surface area contributed by atoms with Gasteiger partial charge in [0.15, 0.2) is 0 Å². The standard InChI is InChI=1S/C12H16N6/c1-8-4-2-3-5-9(8)7-15-10-6-11(18-14)17-12(13)16-10/h2-6H,7,14H2,1H3,(H4,13,15,16,17,18). The van der Waals surface area contributed by atoms with Crippen LogP contribution in [0.3, 0.4) is 0 Å². The van der Waals surface area contributed by atoms with E-state index in [9.17, 15) is 0 Å². The average molecular weight is 244 g/mol. The van der Waals surface area contributed by atoms with Crippen LogP contribution in [0.25, 0.3) is 0 Å². The molecule has 0 aliphatic carbocycles. The van der Waals surface area contributed by atoms with Crippen molar-refractivity contribution in [3.05, 3.63) is 41.5 Å². The van der Waals surface area contributed by atoms with E-state index in [2.05, 4.69) is 39.8 Å². The summed E-state index contributed by atoms with van der Waals surface area (Å²) in [5.74, 6) is 6.59. The van der Waals surface area contributed by atoms with Gasteiger partial charge in [0.25, 0.3) is 0 Å². The van der Waals surface area contributed by atoms with Crippen molar-refractivity contribution in [3.63, 3.8) is 0 Å². The molecule has 0 radical (unpaired) electrons. The van der Waals surface area contributed by atoms with Gasteiger partial charge in [-0.05, 0) is 18.1 Å². The Bertz CT molecular complexity index is 540. The van der Waals surface area contributed by atoms with Crippen LogP contribution in [0, 0.1) is 6.92 Å². The van der Waals surface area contributed by atoms with E-state index in [1.165, 1.54) is 11.1 Å². The van der Waals surface area contributed by atoms with Crippen LogP contribution in [-0.4, -0.2) is 9.97 Å². The summed E-state index contributed by atoms with van der Waals surface area (Å²) >= 11 is 0. The second-order valence-corrected chi connectivity index (χ2v) is 3.92. The van der Waals surface area contributed by atoms with Crippen molar-refractivity contribution in [1.82, 2.24) is 9.97 Å². The molecule has 1 aromatic carbocycles. The highest BCUT2D eigenvalue weighted by molar-refractivity contribution is 5.50. The zero-order valence-corrected chi connectivity index (χ0v) is 10.1. The Kier molecular flexibility index (Phi) is 3.59. The number of rotatable bonds is 4. The second kappa shape index (κ2) is 5.33. The normalized spacial score (nSPS) is 10.1. The first-order chi connectivity index (χ1) is 8.69. The number of nitrogens with two attached hydrogens (primary N) is 2. The maximum Gasteiger partial charge on any atom is 0.223 e. The summed E-state index contributed by atoms with van der Waals surface area (Å²) in [6.07, 6.45) is 0. The smallest absolute Gasteiger partial charge is 0.223 e. The monoisotopic (exact) mass is 244 g/mol. The first kappa shape index (κ1) is 12.1. The molecule has 1 heterocycles. The van der Waals surface area contributed by atoms with E-state index in [1.807, 2.05) is 12.1 Å². The maximum atomic E-state index is 5.58. The van der Waals surface area contributed by atoms with Crippen molar-refractivity contribution >= 4 is 17.6 Å². The van der Waals surface area contributed by atoms with Crippen LogP contribution in [0.1, 0.15) is 11.1 Å². The first-order valence-electron chi connectivity index (χ1n) is 5.58. The number of aromatic nitrogens is 2. The summed E-state index contributed by atoms with van der Waals surface area (Å²) in [5.41, 5.74) is 10.5. The van der Waals surface area contributed by atoms with Gasteiger partial charge >= 0.3 is 0 Å². The van der Waals surface area contributed by atoms with Crippen molar-refractivity contribution in [2.75, 3.05) is 16.5 Å². The van der Waals surface area contributed by atoms with Gasteiger partial charge in [0.05, 0.1) is 0 Å². The Morgan fingerprint density at radius 2 is 1.89 bits per heavy atom. The van der Waals surface area contributed by atoms with Crippen molar-refractivity contribution in [2.24, 2.45) is 5.84 Å². The molecule has 94 valence electrons. The molecule has 6 nitrogen and oxygen atoms in total. The Morgan fingerprint density at radius 1 is 1.17 bits per heavy atom. The van der Waals surface area contributed by atoms with Gasteiger partial charge in [-0.1, -0.05) is 24.3 Å². The first-order valence-corrected chi connectivity index (χ1v) is 5.58. The van der Waals surface area contributed by atoms with E-state index in [0.29, 0.717) is 18.2 Å². The predicted molar refractivity (Wildman–Crippen MR) is 72.8 cm³/mol. The molecule has 0 unspecified atom stereocenters. The summed E-state index contributed by atoms with van der Waals surface area (Å²) in [4.78, 5) is 8.00. The molecule has 0 aliphatic rings. The summed E-state index contributed by atoms with van der Waals surface area (Å²) in [6, 6.07) is 9.85. The van der Waals surface area contributed by atoms with Crippen LogP contribution in [0.15, 0.2) is 30.3 Å². The fourth-order valence-corrected chi connectivity index (χ4v) is 1.62. The molecular formula is C12H16N6. The number of nitrogens with one attached hydrogen (secondary N) is 2. The van der Waals surface area contributed by atoms with Gasteiger partial charge in [0, 0.05) is 12.6 Å². The van der Waals surface area contributed by atoms with E-state index < -0.39 is 0 Å². The highest BCUT2D eigenvalue weighted by atomic mass is 15.3. The summed E-state index contributed by atoms with van der Waals surface area (Å²) in [5, 5.41) is 3.19. The van der Waals surface area contributed by atoms with Gasteiger partial charge in [-0.2, -0.15) is 9.97 Å². The van der Waals surface area contributed by atoms with Gasteiger partial charge in [-0.25, -0.2) is 5.84 Å². The predicted octanol–water partition coefficient (Wildman–Crippen LogP) is 1.26. The Labute approximate surface area is 105 Å². The highest BCUT2D eigenvalue weighted by Crippen LogP contribution is 2.14. The second-order valence-electron chi connectivity index (χ2n) is 3.92. The minimum Gasteiger partial charge on any atom is -0.368 e. The number of nitrogens with zero attached hydrogens (tertiary/aromatic N) is 2. The molecule has 0 amide bonds. The number of nitrogen functional groups attached to an aromatic ring is 2. The SMILES string of the molecule is Cc1ccccc1CNc1cc(NN)nc(N)n1. The van der Waals surface area contributed by atoms with Crippen LogP contribution in [0.5, 0.6) is 0 Å². The van der Waals surface area contributed by atoms with Crippen molar-refractivity contribution in [1.29, 1.82) is 0 Å². The van der Waals surface area contributed by atoms with Crippen LogP contribution >= 0.6 is 0 Å². The summed E-state index contributed by atoms with van der Waals surface area (Å²) < 4.78 is 0. The third kappa shape index (κ3) is 2.86. The molecule has 1 aromatic heterocycles. The molecule has 0 atom stereocenters. The van der Waals surface area contributed by atoms with E-state index in [-0.39, 0.29) is 5.95 Å². The van der Waals surface area contributed by atoms with Gasteiger partial charge in [0.2, 0.25) is 5.95 Å². The molecule has 18 heavy (non-hydrogen) atoms. The number of aryl methyl sites for hydroxylation is 1. The lowest BCUT2D eigenvalue weighted by Gasteiger charge is -2.09. The topological polar surface area (TPSA) is 102 Å². The number of benzene rings is 1. The fraction of sp³-hybridized carbons (Fsp3) is 0.167. The lowest BCUT2D eigenvalue weighted by atomic mass is 10.1.